The Bertz CT molecular complexity index is 229. The average molecular weight is 250 g/mol. The van der Waals surface area contributed by atoms with E-state index in [9.17, 15) is 0 Å². The van der Waals surface area contributed by atoms with E-state index < -0.39 is 0 Å². The minimum atomic E-state index is 0.291. The van der Waals surface area contributed by atoms with E-state index in [4.69, 9.17) is 7.85 Å². The second-order valence-electron chi connectivity index (χ2n) is 8.89. The molecule has 0 aliphatic carbocycles. The highest BCUT2D eigenvalue weighted by atomic mass is 14.4. The molecule has 0 heterocycles. The molecule has 0 spiro atoms. The van der Waals surface area contributed by atoms with Gasteiger partial charge in [0.15, 0.2) is 0 Å². The molecule has 0 saturated carbocycles. The second kappa shape index (κ2) is 6.48. The van der Waals surface area contributed by atoms with Crippen molar-refractivity contribution in [2.45, 2.75) is 81.0 Å². The van der Waals surface area contributed by atoms with Crippen molar-refractivity contribution in [1.82, 2.24) is 0 Å². The first-order valence-electron chi connectivity index (χ1n) is 7.59. The Morgan fingerprint density at radius 3 is 1.44 bits per heavy atom. The Kier molecular flexibility index (Phi) is 6.51. The van der Waals surface area contributed by atoms with E-state index in [0.29, 0.717) is 22.6 Å². The van der Waals surface area contributed by atoms with Crippen LogP contribution in [0.15, 0.2) is 0 Å². The molecule has 0 aliphatic rings. The lowest BCUT2D eigenvalue weighted by molar-refractivity contribution is 0.134. The fraction of sp³-hybridized carbons (Fsp3) is 1.00. The van der Waals surface area contributed by atoms with Gasteiger partial charge < -0.3 is 0 Å². The summed E-state index contributed by atoms with van der Waals surface area (Å²) in [7, 11) is 6.16. The zero-order chi connectivity index (χ0) is 14.7. The molecule has 0 fully saturated rings. The monoisotopic (exact) mass is 250 g/mol. The highest BCUT2D eigenvalue weighted by molar-refractivity contribution is 6.11. The summed E-state index contributed by atoms with van der Waals surface area (Å²) in [4.78, 5) is 0. The summed E-state index contributed by atoms with van der Waals surface area (Å²) in [5.41, 5.74) is 0.799. The van der Waals surface area contributed by atoms with E-state index in [1.807, 2.05) is 0 Å². The molecular formula is C17H35B. The maximum atomic E-state index is 6.16. The van der Waals surface area contributed by atoms with Gasteiger partial charge in [-0.1, -0.05) is 68.1 Å². The normalized spacial score (nSPS) is 20.3. The summed E-state index contributed by atoms with van der Waals surface area (Å²) in [5, 5.41) is 0. The Hall–Kier alpha value is 0.0649. The lowest BCUT2D eigenvalue weighted by Crippen LogP contribution is -2.29. The number of rotatable bonds is 5. The van der Waals surface area contributed by atoms with Crippen molar-refractivity contribution >= 4 is 7.85 Å². The Balaban J connectivity index is 4.86. The molecule has 106 valence electrons. The van der Waals surface area contributed by atoms with Gasteiger partial charge in [-0.15, -0.1) is 0 Å². The van der Waals surface area contributed by atoms with Crippen LogP contribution in [0.4, 0.5) is 0 Å². The first-order chi connectivity index (χ1) is 7.83. The summed E-state index contributed by atoms with van der Waals surface area (Å²) in [6.45, 7) is 21.0. The van der Waals surface area contributed by atoms with E-state index in [0.717, 1.165) is 11.8 Å². The summed E-state index contributed by atoms with van der Waals surface area (Å²) < 4.78 is 0. The summed E-state index contributed by atoms with van der Waals surface area (Å²) >= 11 is 0. The topological polar surface area (TPSA) is 0 Å². The fourth-order valence-electron chi connectivity index (χ4n) is 3.12. The predicted molar refractivity (Wildman–Crippen MR) is 85.1 cm³/mol. The minimum Gasteiger partial charge on any atom is -0.0774 e. The fourth-order valence-corrected chi connectivity index (χ4v) is 3.12. The van der Waals surface area contributed by atoms with Gasteiger partial charge in [0.1, 0.15) is 0 Å². The van der Waals surface area contributed by atoms with Gasteiger partial charge in [0, 0.05) is 0 Å². The smallest absolute Gasteiger partial charge is 0.0699 e. The molecule has 0 bridgehead atoms. The van der Waals surface area contributed by atoms with Gasteiger partial charge in [-0.3, -0.25) is 0 Å². The highest BCUT2D eigenvalue weighted by Gasteiger charge is 2.31. The van der Waals surface area contributed by atoms with Crippen LogP contribution in [-0.2, 0) is 0 Å². The molecule has 4 unspecified atom stereocenters. The number of hydrogen-bond acceptors (Lipinski definition) is 0. The van der Waals surface area contributed by atoms with Crippen molar-refractivity contribution < 1.29 is 0 Å². The molecule has 0 rings (SSSR count). The van der Waals surface area contributed by atoms with Gasteiger partial charge >= 0.3 is 0 Å². The molecule has 4 atom stereocenters. The van der Waals surface area contributed by atoms with E-state index >= 15 is 0 Å². The van der Waals surface area contributed by atoms with Gasteiger partial charge in [-0.25, -0.2) is 0 Å². The van der Waals surface area contributed by atoms with Gasteiger partial charge in [0.25, 0.3) is 0 Å². The van der Waals surface area contributed by atoms with Gasteiger partial charge in [-0.05, 0) is 41.4 Å². The van der Waals surface area contributed by atoms with Crippen LogP contribution in [0, 0.1) is 28.6 Å². The molecule has 18 heavy (non-hydrogen) atoms. The lowest BCUT2D eigenvalue weighted by atomic mass is 9.63. The third-order valence-electron chi connectivity index (χ3n) is 4.02. The van der Waals surface area contributed by atoms with Crippen LogP contribution in [0.25, 0.3) is 0 Å². The quantitative estimate of drug-likeness (QED) is 0.547. The predicted octanol–water partition coefficient (Wildman–Crippen LogP) is 5.72. The summed E-state index contributed by atoms with van der Waals surface area (Å²) in [6, 6.07) is 0. The molecule has 0 N–H and O–H groups in total. The Labute approximate surface area is 118 Å². The van der Waals surface area contributed by atoms with E-state index in [1.54, 1.807) is 0 Å². The molecule has 1 heteroatoms. The third kappa shape index (κ3) is 7.49. The van der Waals surface area contributed by atoms with Gasteiger partial charge in [0.05, 0.1) is 7.85 Å². The van der Waals surface area contributed by atoms with Crippen LogP contribution in [0.2, 0.25) is 5.82 Å². The standard InChI is InChI=1S/C17H35B/c1-12(10-16(4,5)6)15(11-17(7,8)9)13(2)14(3)18/h12-15H,10-11H2,1-9H3. The first-order valence-corrected chi connectivity index (χ1v) is 7.59. The van der Waals surface area contributed by atoms with E-state index in [1.165, 1.54) is 12.8 Å². The maximum Gasteiger partial charge on any atom is 0.0699 e. The molecule has 0 aliphatic heterocycles. The van der Waals surface area contributed by atoms with Gasteiger partial charge in [0.2, 0.25) is 0 Å². The average Bonchev–Trinajstić information content (AvgIpc) is 2.08. The van der Waals surface area contributed by atoms with Crippen LogP contribution in [-0.4, -0.2) is 7.85 Å². The van der Waals surface area contributed by atoms with Gasteiger partial charge in [-0.2, -0.15) is 0 Å². The zero-order valence-electron chi connectivity index (χ0n) is 14.3. The lowest BCUT2D eigenvalue weighted by Gasteiger charge is -2.39. The van der Waals surface area contributed by atoms with Crippen molar-refractivity contribution in [2.24, 2.45) is 28.6 Å². The summed E-state index contributed by atoms with van der Waals surface area (Å²) in [5.74, 6) is 2.36. The highest BCUT2D eigenvalue weighted by Crippen LogP contribution is 2.41. The van der Waals surface area contributed by atoms with Crippen molar-refractivity contribution in [2.75, 3.05) is 0 Å². The van der Waals surface area contributed by atoms with E-state index in [2.05, 4.69) is 62.3 Å². The van der Waals surface area contributed by atoms with Crippen molar-refractivity contribution in [3.05, 3.63) is 0 Å². The third-order valence-corrected chi connectivity index (χ3v) is 4.02. The van der Waals surface area contributed by atoms with Crippen LogP contribution < -0.4 is 0 Å². The van der Waals surface area contributed by atoms with Crippen LogP contribution in [0.3, 0.4) is 0 Å². The first kappa shape index (κ1) is 18.1. The molecular weight excluding hydrogens is 215 g/mol. The van der Waals surface area contributed by atoms with Crippen LogP contribution >= 0.6 is 0 Å². The van der Waals surface area contributed by atoms with Crippen molar-refractivity contribution in [3.8, 4) is 0 Å². The Morgan fingerprint density at radius 1 is 0.778 bits per heavy atom. The van der Waals surface area contributed by atoms with Crippen LogP contribution in [0.1, 0.15) is 75.2 Å². The molecule has 0 nitrogen and oxygen atoms in total. The molecule has 0 saturated heterocycles. The van der Waals surface area contributed by atoms with Crippen molar-refractivity contribution in [3.63, 3.8) is 0 Å². The van der Waals surface area contributed by atoms with Crippen molar-refractivity contribution in [1.29, 1.82) is 0 Å². The molecule has 0 aromatic carbocycles. The number of hydrogen-bond donors (Lipinski definition) is 0. The van der Waals surface area contributed by atoms with Crippen LogP contribution in [0.5, 0.6) is 0 Å². The molecule has 0 aromatic rings. The molecule has 0 amide bonds. The molecule has 0 aromatic heterocycles. The SMILES string of the molecule is [B]C(C)C(C)C(CC(C)(C)C)C(C)CC(C)(C)C. The molecule has 2 radical (unpaired) electrons. The summed E-state index contributed by atoms with van der Waals surface area (Å²) in [6.07, 6.45) is 2.55. The maximum absolute atomic E-state index is 6.16. The minimum absolute atomic E-state index is 0.291. The second-order valence-corrected chi connectivity index (χ2v) is 8.89. The van der Waals surface area contributed by atoms with E-state index in [-0.39, 0.29) is 0 Å². The zero-order valence-corrected chi connectivity index (χ0v) is 14.3. The Morgan fingerprint density at radius 2 is 1.17 bits per heavy atom. The largest absolute Gasteiger partial charge is 0.0774 e.